The molecule has 1 amide bonds. The number of amides is 1. The largest absolute Gasteiger partial charge is 0.480 e. The Bertz CT molecular complexity index is 962. The van der Waals surface area contributed by atoms with E-state index in [1.54, 1.807) is 43.3 Å². The lowest BCUT2D eigenvalue weighted by atomic mass is 10.1. The highest BCUT2D eigenvalue weighted by Crippen LogP contribution is 2.33. The molecule has 1 N–H and O–H groups in total. The molecule has 0 bridgehead atoms. The molecule has 0 aliphatic heterocycles. The number of halogens is 3. The Hall–Kier alpha value is -1.90. The smallest absolute Gasteiger partial charge is 0.344 e. The van der Waals surface area contributed by atoms with E-state index in [1.165, 1.54) is 6.08 Å². The summed E-state index contributed by atoms with van der Waals surface area (Å²) in [6.07, 6.45) is 1.48. The number of ether oxygens (including phenoxy) is 2. The fourth-order valence-electron chi connectivity index (χ4n) is 2.18. The number of nitriles is 1. The molecular weight excluding hydrogens is 619 g/mol. The average molecular weight is 634 g/mol. The van der Waals surface area contributed by atoms with Gasteiger partial charge in [0.1, 0.15) is 17.4 Å². The third-order valence-corrected chi connectivity index (χ3v) is 5.36. The standard InChI is InChI=1S/C20H15Br2IN2O4/c1-2-28-18(26)11-29-19-16(22)8-12(9-17(19)23)7-13(10-24)20(27)25-15-5-3-14(21)4-6-15/h3-9H,2,11H2,1H3,(H,25,27)/b13-7-. The van der Waals surface area contributed by atoms with Crippen LogP contribution in [0.5, 0.6) is 5.75 Å². The van der Waals surface area contributed by atoms with Crippen molar-refractivity contribution in [2.24, 2.45) is 0 Å². The van der Waals surface area contributed by atoms with Gasteiger partial charge in [-0.15, -0.1) is 0 Å². The van der Waals surface area contributed by atoms with Crippen molar-refractivity contribution in [2.45, 2.75) is 6.92 Å². The van der Waals surface area contributed by atoms with E-state index in [-0.39, 0.29) is 18.8 Å². The number of benzene rings is 2. The van der Waals surface area contributed by atoms with Crippen LogP contribution in [0.25, 0.3) is 6.08 Å². The van der Waals surface area contributed by atoms with Gasteiger partial charge in [0.25, 0.3) is 5.91 Å². The zero-order valence-electron chi connectivity index (χ0n) is 15.2. The molecule has 0 spiro atoms. The first-order valence-electron chi connectivity index (χ1n) is 8.30. The number of nitrogens with zero attached hydrogens (tertiary/aromatic N) is 1. The van der Waals surface area contributed by atoms with E-state index in [0.29, 0.717) is 25.0 Å². The first kappa shape index (κ1) is 23.4. The average Bonchev–Trinajstić information content (AvgIpc) is 2.67. The molecule has 0 aliphatic carbocycles. The van der Waals surface area contributed by atoms with Crippen LogP contribution in [0.1, 0.15) is 12.5 Å². The fourth-order valence-corrected chi connectivity index (χ4v) is 4.21. The van der Waals surface area contributed by atoms with Crippen LogP contribution in [0.15, 0.2) is 50.9 Å². The Labute approximate surface area is 198 Å². The summed E-state index contributed by atoms with van der Waals surface area (Å²) in [6.45, 7) is 1.79. The Balaban J connectivity index is 2.18. The van der Waals surface area contributed by atoms with Crippen molar-refractivity contribution in [1.82, 2.24) is 0 Å². The van der Waals surface area contributed by atoms with Crippen molar-refractivity contribution in [3.8, 4) is 11.8 Å². The lowest BCUT2D eigenvalue weighted by Crippen LogP contribution is -2.15. The number of rotatable bonds is 7. The monoisotopic (exact) mass is 632 g/mol. The summed E-state index contributed by atoms with van der Waals surface area (Å²) in [6, 6.07) is 12.4. The molecule has 0 atom stereocenters. The number of carbonyl (C=O) groups is 2. The van der Waals surface area contributed by atoms with E-state index in [1.807, 2.05) is 6.07 Å². The normalized spacial score (nSPS) is 10.8. The number of anilines is 1. The zero-order chi connectivity index (χ0) is 21.4. The highest BCUT2D eigenvalue weighted by Gasteiger charge is 2.14. The summed E-state index contributed by atoms with van der Waals surface area (Å²) in [7, 11) is 0. The van der Waals surface area contributed by atoms with Crippen LogP contribution in [0, 0.1) is 14.9 Å². The van der Waals surface area contributed by atoms with E-state index < -0.39 is 11.9 Å². The highest BCUT2D eigenvalue weighted by atomic mass is 127. The molecule has 2 aromatic rings. The van der Waals surface area contributed by atoms with Gasteiger partial charge >= 0.3 is 5.97 Å². The first-order chi connectivity index (χ1) is 13.8. The lowest BCUT2D eigenvalue weighted by Gasteiger charge is -2.11. The van der Waals surface area contributed by atoms with Gasteiger partial charge in [0, 0.05) is 10.2 Å². The van der Waals surface area contributed by atoms with Crippen LogP contribution >= 0.6 is 54.5 Å². The second kappa shape index (κ2) is 11.3. The topological polar surface area (TPSA) is 88.4 Å². The molecule has 0 heterocycles. The van der Waals surface area contributed by atoms with E-state index >= 15 is 0 Å². The van der Waals surface area contributed by atoms with Crippen LogP contribution in [0.3, 0.4) is 0 Å². The van der Waals surface area contributed by atoms with Gasteiger partial charge in [0.15, 0.2) is 6.61 Å². The highest BCUT2D eigenvalue weighted by molar-refractivity contribution is 14.1. The summed E-state index contributed by atoms with van der Waals surface area (Å²) in [5.41, 5.74) is 1.17. The first-order valence-corrected chi connectivity index (χ1v) is 11.0. The maximum Gasteiger partial charge on any atom is 0.344 e. The molecule has 0 aromatic heterocycles. The minimum Gasteiger partial charge on any atom is -0.480 e. The number of nitrogens with one attached hydrogen (secondary N) is 1. The molecule has 0 aliphatic rings. The Morgan fingerprint density at radius 3 is 2.52 bits per heavy atom. The molecule has 150 valence electrons. The van der Waals surface area contributed by atoms with Crippen molar-refractivity contribution in [2.75, 3.05) is 18.5 Å². The number of hydrogen-bond acceptors (Lipinski definition) is 5. The fraction of sp³-hybridized carbons (Fsp3) is 0.150. The molecule has 0 unspecified atom stereocenters. The molecular formula is C20H15Br2IN2O4. The van der Waals surface area contributed by atoms with Crippen LogP contribution in [-0.4, -0.2) is 25.1 Å². The molecule has 2 aromatic carbocycles. The third-order valence-electron chi connectivity index (χ3n) is 3.44. The van der Waals surface area contributed by atoms with E-state index in [4.69, 9.17) is 9.47 Å². The van der Waals surface area contributed by atoms with Gasteiger partial charge in [0.05, 0.1) is 14.6 Å². The summed E-state index contributed by atoms with van der Waals surface area (Å²) >= 11 is 8.78. The quantitative estimate of drug-likeness (QED) is 0.193. The molecule has 6 nitrogen and oxygen atoms in total. The molecule has 2 rings (SSSR count). The minimum atomic E-state index is -0.511. The molecule has 0 saturated carbocycles. The Morgan fingerprint density at radius 2 is 1.93 bits per heavy atom. The van der Waals surface area contributed by atoms with Crippen molar-refractivity contribution in [3.05, 3.63) is 60.1 Å². The van der Waals surface area contributed by atoms with Crippen molar-refractivity contribution in [3.63, 3.8) is 0 Å². The molecule has 0 saturated heterocycles. The van der Waals surface area contributed by atoms with Gasteiger partial charge in [-0.25, -0.2) is 4.79 Å². The molecule has 29 heavy (non-hydrogen) atoms. The molecule has 0 fully saturated rings. The number of carbonyl (C=O) groups excluding carboxylic acids is 2. The third kappa shape index (κ3) is 7.13. The van der Waals surface area contributed by atoms with Gasteiger partial charge < -0.3 is 14.8 Å². The lowest BCUT2D eigenvalue weighted by molar-refractivity contribution is -0.145. The van der Waals surface area contributed by atoms with Gasteiger partial charge in [-0.2, -0.15) is 5.26 Å². The second-order valence-corrected chi connectivity index (χ2v) is 8.47. The maximum absolute atomic E-state index is 12.4. The molecule has 9 heteroatoms. The minimum absolute atomic E-state index is 0.0455. The zero-order valence-corrected chi connectivity index (χ0v) is 20.5. The van der Waals surface area contributed by atoms with Gasteiger partial charge in [-0.3, -0.25) is 4.79 Å². The number of esters is 1. The van der Waals surface area contributed by atoms with Crippen LogP contribution in [0.4, 0.5) is 5.69 Å². The van der Waals surface area contributed by atoms with Crippen molar-refractivity contribution >= 4 is 78.1 Å². The van der Waals surface area contributed by atoms with E-state index in [9.17, 15) is 14.9 Å². The van der Waals surface area contributed by atoms with Crippen LogP contribution in [-0.2, 0) is 14.3 Å². The number of hydrogen-bond donors (Lipinski definition) is 1. The van der Waals surface area contributed by atoms with E-state index in [2.05, 4.69) is 59.8 Å². The summed E-state index contributed by atoms with van der Waals surface area (Å²) in [4.78, 5) is 23.9. The summed E-state index contributed by atoms with van der Waals surface area (Å²) in [5.74, 6) is -0.493. The Morgan fingerprint density at radius 1 is 1.24 bits per heavy atom. The maximum atomic E-state index is 12.4. The predicted octanol–water partition coefficient (Wildman–Crippen LogP) is 5.30. The molecule has 0 radical (unpaired) electrons. The SMILES string of the molecule is CCOC(=O)COc1c(Br)cc(/C=C(/C#N)C(=O)Nc2ccc(Br)cc2)cc1I. The van der Waals surface area contributed by atoms with Crippen molar-refractivity contribution < 1.29 is 19.1 Å². The summed E-state index contributed by atoms with van der Waals surface area (Å²) in [5, 5.41) is 12.1. The predicted molar refractivity (Wildman–Crippen MR) is 125 cm³/mol. The van der Waals surface area contributed by atoms with Crippen LogP contribution in [0.2, 0.25) is 0 Å². The second-order valence-electron chi connectivity index (χ2n) is 5.54. The Kier molecular flexibility index (Phi) is 9.13. The van der Waals surface area contributed by atoms with Crippen LogP contribution < -0.4 is 10.1 Å². The van der Waals surface area contributed by atoms with Gasteiger partial charge in [-0.1, -0.05) is 15.9 Å². The van der Waals surface area contributed by atoms with E-state index in [0.717, 1.165) is 4.47 Å². The summed E-state index contributed by atoms with van der Waals surface area (Å²) < 4.78 is 12.5. The van der Waals surface area contributed by atoms with Crippen molar-refractivity contribution in [1.29, 1.82) is 5.26 Å². The van der Waals surface area contributed by atoms with Gasteiger partial charge in [-0.05, 0) is 93.5 Å². The van der Waals surface area contributed by atoms with Gasteiger partial charge in [0.2, 0.25) is 0 Å².